The van der Waals surface area contributed by atoms with Gasteiger partial charge in [0.25, 0.3) is 0 Å². The number of nitrogens with zero attached hydrogens (tertiary/aromatic N) is 3. The molecule has 0 amide bonds. The third-order valence-electron chi connectivity index (χ3n) is 3.92. The monoisotopic (exact) mass is 333 g/mol. The molecular weight excluding hydrogens is 310 g/mol. The maximum absolute atomic E-state index is 5.98. The van der Waals surface area contributed by atoms with Crippen molar-refractivity contribution in [3.05, 3.63) is 60.9 Å². The summed E-state index contributed by atoms with van der Waals surface area (Å²) in [5, 5.41) is 0. The molecule has 0 radical (unpaired) electrons. The molecule has 128 valence electrons. The van der Waals surface area contributed by atoms with Crippen LogP contribution in [0.25, 0.3) is 22.8 Å². The molecule has 3 aromatic rings. The van der Waals surface area contributed by atoms with E-state index >= 15 is 0 Å². The highest BCUT2D eigenvalue weighted by Gasteiger charge is 2.09. The molecule has 25 heavy (non-hydrogen) atoms. The van der Waals surface area contributed by atoms with E-state index in [1.54, 1.807) is 12.4 Å². The zero-order valence-corrected chi connectivity index (χ0v) is 14.6. The number of pyridine rings is 3. The van der Waals surface area contributed by atoms with Gasteiger partial charge in [-0.1, -0.05) is 38.3 Å². The molecule has 4 nitrogen and oxygen atoms in total. The van der Waals surface area contributed by atoms with E-state index in [1.165, 1.54) is 19.3 Å². The third-order valence-corrected chi connectivity index (χ3v) is 3.92. The molecule has 0 aliphatic heterocycles. The van der Waals surface area contributed by atoms with E-state index in [9.17, 15) is 0 Å². The number of ether oxygens (including phenoxy) is 1. The minimum Gasteiger partial charge on any atom is -0.493 e. The first-order valence-corrected chi connectivity index (χ1v) is 8.84. The van der Waals surface area contributed by atoms with Crippen LogP contribution in [0, 0.1) is 0 Å². The first-order chi connectivity index (χ1) is 12.4. The number of hydrogen-bond acceptors (Lipinski definition) is 4. The molecule has 0 fully saturated rings. The molecule has 0 bridgehead atoms. The van der Waals surface area contributed by atoms with Gasteiger partial charge in [0, 0.05) is 24.5 Å². The summed E-state index contributed by atoms with van der Waals surface area (Å²) in [5.41, 5.74) is 3.26. The summed E-state index contributed by atoms with van der Waals surface area (Å²) in [6, 6.07) is 15.5. The van der Waals surface area contributed by atoms with Gasteiger partial charge in [0.15, 0.2) is 0 Å². The summed E-state index contributed by atoms with van der Waals surface area (Å²) in [6.45, 7) is 2.93. The largest absolute Gasteiger partial charge is 0.493 e. The Kier molecular flexibility index (Phi) is 6.10. The first kappa shape index (κ1) is 17.1. The van der Waals surface area contributed by atoms with Crippen LogP contribution in [0.1, 0.15) is 32.6 Å². The molecule has 0 saturated carbocycles. The standard InChI is InChI=1S/C21H23N3O/c1-2-3-4-9-14-25-17-15-20(18-10-5-7-12-22-18)24-21(16-17)19-11-6-8-13-23-19/h5-8,10-13,15-16H,2-4,9,14H2,1H3. The van der Waals surface area contributed by atoms with Crippen molar-refractivity contribution in [2.45, 2.75) is 32.6 Å². The van der Waals surface area contributed by atoms with E-state index in [2.05, 4.69) is 16.9 Å². The third kappa shape index (κ3) is 4.86. The van der Waals surface area contributed by atoms with Crippen LogP contribution in [0.4, 0.5) is 0 Å². The maximum Gasteiger partial charge on any atom is 0.123 e. The van der Waals surface area contributed by atoms with Crippen LogP contribution in [0.5, 0.6) is 5.75 Å². The quantitative estimate of drug-likeness (QED) is 0.534. The molecule has 3 heterocycles. The topological polar surface area (TPSA) is 47.9 Å². The Morgan fingerprint density at radius 1 is 0.760 bits per heavy atom. The van der Waals surface area contributed by atoms with Crippen molar-refractivity contribution >= 4 is 0 Å². The lowest BCUT2D eigenvalue weighted by Crippen LogP contribution is -2.00. The van der Waals surface area contributed by atoms with Gasteiger partial charge < -0.3 is 4.74 Å². The minimum atomic E-state index is 0.716. The van der Waals surface area contributed by atoms with Crippen molar-refractivity contribution in [1.29, 1.82) is 0 Å². The summed E-state index contributed by atoms with van der Waals surface area (Å²) in [6.07, 6.45) is 8.28. The SMILES string of the molecule is CCCCCCOc1cc(-c2ccccn2)nc(-c2ccccn2)c1. The lowest BCUT2D eigenvalue weighted by Gasteiger charge is -2.10. The van der Waals surface area contributed by atoms with Gasteiger partial charge in [0.05, 0.1) is 29.4 Å². The Labute approximate surface area is 149 Å². The molecule has 3 rings (SSSR count). The van der Waals surface area contributed by atoms with E-state index in [0.29, 0.717) is 6.61 Å². The Morgan fingerprint density at radius 2 is 1.40 bits per heavy atom. The van der Waals surface area contributed by atoms with E-state index in [4.69, 9.17) is 9.72 Å². The average molecular weight is 333 g/mol. The highest BCUT2D eigenvalue weighted by atomic mass is 16.5. The second-order valence-corrected chi connectivity index (χ2v) is 5.91. The van der Waals surface area contributed by atoms with Gasteiger partial charge in [-0.3, -0.25) is 9.97 Å². The summed E-state index contributed by atoms with van der Waals surface area (Å²) in [4.78, 5) is 13.5. The van der Waals surface area contributed by atoms with Crippen LogP contribution in [-0.4, -0.2) is 21.6 Å². The Morgan fingerprint density at radius 3 is 1.92 bits per heavy atom. The first-order valence-electron chi connectivity index (χ1n) is 8.84. The highest BCUT2D eigenvalue weighted by molar-refractivity contribution is 5.64. The van der Waals surface area contributed by atoms with E-state index < -0.39 is 0 Å². The predicted molar refractivity (Wildman–Crippen MR) is 100 cm³/mol. The lowest BCUT2D eigenvalue weighted by atomic mass is 10.2. The van der Waals surface area contributed by atoms with Crippen molar-refractivity contribution in [2.24, 2.45) is 0 Å². The Balaban J connectivity index is 1.86. The van der Waals surface area contributed by atoms with Gasteiger partial charge in [0.2, 0.25) is 0 Å². The van der Waals surface area contributed by atoms with Crippen molar-refractivity contribution in [3.8, 4) is 28.5 Å². The summed E-state index contributed by atoms with van der Waals surface area (Å²) in [5.74, 6) is 0.813. The van der Waals surface area contributed by atoms with Crippen LogP contribution in [0.3, 0.4) is 0 Å². The fourth-order valence-electron chi connectivity index (χ4n) is 2.60. The van der Waals surface area contributed by atoms with Gasteiger partial charge >= 0.3 is 0 Å². The van der Waals surface area contributed by atoms with Gasteiger partial charge in [-0.15, -0.1) is 0 Å². The van der Waals surface area contributed by atoms with Crippen molar-refractivity contribution in [1.82, 2.24) is 15.0 Å². The summed E-state index contributed by atoms with van der Waals surface area (Å²) in [7, 11) is 0. The molecule has 3 aromatic heterocycles. The zero-order valence-electron chi connectivity index (χ0n) is 14.6. The highest BCUT2D eigenvalue weighted by Crippen LogP contribution is 2.26. The number of hydrogen-bond donors (Lipinski definition) is 0. The van der Waals surface area contributed by atoms with Crippen LogP contribution in [0.2, 0.25) is 0 Å². The van der Waals surface area contributed by atoms with Crippen LogP contribution in [0.15, 0.2) is 60.9 Å². The average Bonchev–Trinajstić information content (AvgIpc) is 2.69. The van der Waals surface area contributed by atoms with Crippen LogP contribution in [-0.2, 0) is 0 Å². The summed E-state index contributed by atoms with van der Waals surface area (Å²) < 4.78 is 5.98. The molecule has 0 N–H and O–H groups in total. The van der Waals surface area contributed by atoms with Crippen molar-refractivity contribution < 1.29 is 4.74 Å². The van der Waals surface area contributed by atoms with Crippen molar-refractivity contribution in [3.63, 3.8) is 0 Å². The smallest absolute Gasteiger partial charge is 0.123 e. The Bertz CT molecular complexity index is 718. The molecule has 0 aromatic carbocycles. The van der Waals surface area contributed by atoms with Gasteiger partial charge in [0.1, 0.15) is 5.75 Å². The maximum atomic E-state index is 5.98. The minimum absolute atomic E-state index is 0.716. The lowest BCUT2D eigenvalue weighted by molar-refractivity contribution is 0.305. The normalized spacial score (nSPS) is 10.6. The molecule has 0 unspecified atom stereocenters. The van der Waals surface area contributed by atoms with E-state index in [-0.39, 0.29) is 0 Å². The fourth-order valence-corrected chi connectivity index (χ4v) is 2.60. The second kappa shape index (κ2) is 8.92. The fraction of sp³-hybridized carbons (Fsp3) is 0.286. The number of rotatable bonds is 8. The Hall–Kier alpha value is -2.75. The molecule has 0 aliphatic carbocycles. The van der Waals surface area contributed by atoms with Crippen LogP contribution >= 0.6 is 0 Å². The zero-order chi connectivity index (χ0) is 17.3. The molecule has 0 spiro atoms. The second-order valence-electron chi connectivity index (χ2n) is 5.91. The number of unbranched alkanes of at least 4 members (excludes halogenated alkanes) is 3. The predicted octanol–water partition coefficient (Wildman–Crippen LogP) is 5.16. The molecule has 0 atom stereocenters. The van der Waals surface area contributed by atoms with Crippen LogP contribution < -0.4 is 4.74 Å². The van der Waals surface area contributed by atoms with Gasteiger partial charge in [-0.25, -0.2) is 4.98 Å². The molecule has 4 heteroatoms. The number of aromatic nitrogens is 3. The van der Waals surface area contributed by atoms with E-state index in [0.717, 1.165) is 34.9 Å². The van der Waals surface area contributed by atoms with Crippen molar-refractivity contribution in [2.75, 3.05) is 6.61 Å². The summed E-state index contributed by atoms with van der Waals surface area (Å²) >= 11 is 0. The van der Waals surface area contributed by atoms with Gasteiger partial charge in [-0.05, 0) is 30.7 Å². The molecule has 0 saturated heterocycles. The molecular formula is C21H23N3O. The van der Waals surface area contributed by atoms with E-state index in [1.807, 2.05) is 48.5 Å². The van der Waals surface area contributed by atoms with Gasteiger partial charge in [-0.2, -0.15) is 0 Å². The molecule has 0 aliphatic rings.